The molecule has 15 atom stereocenters. The summed E-state index contributed by atoms with van der Waals surface area (Å²) in [4.78, 5) is 251. The summed E-state index contributed by atoms with van der Waals surface area (Å²) in [6.45, 7) is 12.9. The van der Waals surface area contributed by atoms with Gasteiger partial charge in [0.1, 0.15) is 61.8 Å². The molecule has 3 aliphatic heterocycles. The minimum atomic E-state index is -1.49. The second-order valence-corrected chi connectivity index (χ2v) is 35.9. The number of hydrogen-bond donors (Lipinski definition) is 12. The highest BCUT2D eigenvalue weighted by Crippen LogP contribution is 2.33. The van der Waals surface area contributed by atoms with Gasteiger partial charge in [0.15, 0.2) is 55.5 Å². The van der Waals surface area contributed by atoms with Crippen LogP contribution >= 0.6 is 0 Å². The summed E-state index contributed by atoms with van der Waals surface area (Å²) >= 11 is 0. The van der Waals surface area contributed by atoms with Crippen LogP contribution in [0.5, 0.6) is 0 Å². The third-order valence-electron chi connectivity index (χ3n) is 22.4. The number of hydrogen-bond acceptors (Lipinski definition) is 39. The van der Waals surface area contributed by atoms with Gasteiger partial charge in [-0.2, -0.15) is 0 Å². The zero-order chi connectivity index (χ0) is 109. The Morgan fingerprint density at radius 2 is 0.469 bits per heavy atom. The summed E-state index contributed by atoms with van der Waals surface area (Å²) in [5.74, 6) is -10.9. The standard InChI is InChI=1S/C97H161N11O39/c1-62(110)105-85-91(142-71(10)119)88(139-68(7)116)74(56-136-65(4)113)145-94(85)133-50-28-23-35-78(123)99-43-31-46-102-81(126)39-53-130-59-97(108-84(129)38-22-18-16-14-13-15-17-21-34-77(122)98-42-26-19-20-27-49-109,60-131-54-40-82(127)103-47-32-44-100-79(124)36-24-29-51-134-95-86(106-63(2)111)92(143-72(11)120)89(140-69(8)117)75(146-95)57-137-66(5)114)61-132-55-41-83(128)104-48-33-45-101-80(125)37-25-30-52-135-96-87(107-64(3)112)93(144-73(12)121)90(141-70(9)118)76(147-96)58-138-67(6)115/h74-76,85-96,109H,13-61H2,1-12H3,(H,98,122)(H,99,123)(H,100,124)(H,101,125)(H,102,126)(H,103,127)(H,104,128)(H,105,110)(H,106,111)(H,107,112)(H,108,129)/t74?,75?,76?,85-,86-,87-,88-,89-,90-,91?,92?,93?,94+,95+,96+,97?/m0/s1. The molecular formula is C97H161N11O39. The molecule has 0 aromatic rings. The van der Waals surface area contributed by atoms with E-state index >= 15 is 0 Å². The Morgan fingerprint density at radius 1 is 0.245 bits per heavy atom. The molecule has 50 heteroatoms. The number of aliphatic hydroxyl groups is 1. The first-order valence-corrected chi connectivity index (χ1v) is 50.7. The number of nitrogens with one attached hydrogen (secondary N) is 11. The van der Waals surface area contributed by atoms with Crippen LogP contribution in [0.3, 0.4) is 0 Å². The largest absolute Gasteiger partial charge is 0.463 e. The van der Waals surface area contributed by atoms with Crippen molar-refractivity contribution in [3.8, 4) is 0 Å². The Balaban J connectivity index is 1.71. The molecular weight excluding hydrogens is 1940 g/mol. The summed E-state index contributed by atoms with van der Waals surface area (Å²) in [6.07, 6.45) is -2.22. The molecule has 147 heavy (non-hydrogen) atoms. The van der Waals surface area contributed by atoms with Crippen LogP contribution in [-0.2, 0) is 181 Å². The number of ether oxygens (including phenoxy) is 18. The van der Waals surface area contributed by atoms with E-state index < -0.39 is 212 Å². The average Bonchev–Trinajstić information content (AvgIpc) is 0.792. The Labute approximate surface area is 858 Å². The fraction of sp³-hybridized carbons (Fsp3) is 0.794. The van der Waals surface area contributed by atoms with E-state index in [1.165, 1.54) is 20.8 Å². The molecule has 0 saturated carbocycles. The van der Waals surface area contributed by atoms with E-state index in [1.54, 1.807) is 0 Å². The number of carbonyl (C=O) groups is 20. The van der Waals surface area contributed by atoms with Gasteiger partial charge in [0.05, 0.1) is 39.6 Å². The molecule has 12 N–H and O–H groups in total. The highest BCUT2D eigenvalue weighted by molar-refractivity contribution is 5.80. The molecule has 3 heterocycles. The lowest BCUT2D eigenvalue weighted by Crippen LogP contribution is -2.66. The van der Waals surface area contributed by atoms with Crippen molar-refractivity contribution < 1.29 is 186 Å². The van der Waals surface area contributed by atoms with Crippen LogP contribution in [0.25, 0.3) is 0 Å². The van der Waals surface area contributed by atoms with Gasteiger partial charge in [-0.15, -0.1) is 0 Å². The van der Waals surface area contributed by atoms with Crippen LogP contribution in [0.4, 0.5) is 0 Å². The third kappa shape index (κ3) is 60.9. The normalized spacial score (nSPS) is 20.7. The fourth-order valence-electron chi connectivity index (χ4n) is 15.7. The van der Waals surface area contributed by atoms with E-state index in [2.05, 4.69) is 58.5 Å². The maximum atomic E-state index is 14.2. The summed E-state index contributed by atoms with van der Waals surface area (Å²) in [5.41, 5.74) is -1.49. The van der Waals surface area contributed by atoms with Gasteiger partial charge in [-0.3, -0.25) is 95.9 Å². The second kappa shape index (κ2) is 76.5. The van der Waals surface area contributed by atoms with Crippen molar-refractivity contribution in [2.45, 2.75) is 367 Å². The fourth-order valence-corrected chi connectivity index (χ4v) is 15.7. The van der Waals surface area contributed by atoms with Crippen LogP contribution in [0.2, 0.25) is 0 Å². The van der Waals surface area contributed by atoms with Gasteiger partial charge in [-0.1, -0.05) is 51.4 Å². The molecule has 3 saturated heterocycles. The van der Waals surface area contributed by atoms with E-state index in [1.807, 2.05) is 0 Å². The quantitative estimate of drug-likeness (QED) is 0.0230. The first-order valence-electron chi connectivity index (χ1n) is 50.7. The summed E-state index contributed by atoms with van der Waals surface area (Å²) in [6, 6.07) is -3.53. The average molecular weight is 2110 g/mol. The SMILES string of the molecule is CC(=O)N[C@H]1C(OC(C)=O)[C@@H](OC(C)=O)C(COC(C)=O)O[C@H]1OCCCCC(=O)NCCCNC(=O)CCOCC(COCCC(=O)NCCCNC(=O)CCCCO[C@@H]1OC(COC(C)=O)[C@H](OC(C)=O)C(OC(C)=O)[C@@H]1NC(C)=O)(COCCC(=O)NCCCNC(=O)CCCCO[C@@H]1OC(COC(C)=O)[C@H](OC(C)=O)C(OC(C)=O)[C@@H]1NC(C)=O)NC(=O)CCCCCCCCCCC(=O)NCCCCCCO. The first-order chi connectivity index (χ1) is 70.1. The molecule has 50 nitrogen and oxygen atoms in total. The topological polar surface area (TPSA) is 660 Å². The minimum Gasteiger partial charge on any atom is -0.463 e. The van der Waals surface area contributed by atoms with E-state index in [0.717, 1.165) is 127 Å². The lowest BCUT2D eigenvalue weighted by molar-refractivity contribution is -0.277. The van der Waals surface area contributed by atoms with Crippen LogP contribution in [0, 0.1) is 0 Å². The van der Waals surface area contributed by atoms with Gasteiger partial charge in [0.2, 0.25) is 65.0 Å². The molecule has 0 aromatic heterocycles. The maximum absolute atomic E-state index is 14.2. The van der Waals surface area contributed by atoms with Gasteiger partial charge >= 0.3 is 53.7 Å². The predicted octanol–water partition coefficient (Wildman–Crippen LogP) is 1.03. The molecule has 6 unspecified atom stereocenters. The van der Waals surface area contributed by atoms with Gasteiger partial charge < -0.3 is 149 Å². The molecule has 0 radical (unpaired) electrons. The van der Waals surface area contributed by atoms with Gasteiger partial charge in [-0.25, -0.2) is 0 Å². The van der Waals surface area contributed by atoms with Crippen LogP contribution < -0.4 is 58.5 Å². The van der Waals surface area contributed by atoms with Crippen molar-refractivity contribution >= 4 is 119 Å². The van der Waals surface area contributed by atoms with E-state index in [9.17, 15) is 95.9 Å². The molecule has 3 rings (SSSR count). The molecule has 0 bridgehead atoms. The third-order valence-corrected chi connectivity index (χ3v) is 22.4. The second-order valence-electron chi connectivity index (χ2n) is 35.9. The molecule has 0 aliphatic carbocycles. The molecule has 0 aromatic carbocycles. The maximum Gasteiger partial charge on any atom is 0.303 e. The van der Waals surface area contributed by atoms with E-state index in [-0.39, 0.29) is 174 Å². The first kappa shape index (κ1) is 130. The van der Waals surface area contributed by atoms with E-state index in [4.69, 9.17) is 90.4 Å². The number of amides is 11. The molecule has 11 amide bonds. The van der Waals surface area contributed by atoms with Gasteiger partial charge in [0, 0.05) is 207 Å². The highest BCUT2D eigenvalue weighted by atomic mass is 16.7. The van der Waals surface area contributed by atoms with Crippen LogP contribution in [0.1, 0.15) is 269 Å². The molecule has 3 fully saturated rings. The van der Waals surface area contributed by atoms with Crippen molar-refractivity contribution in [3.63, 3.8) is 0 Å². The Morgan fingerprint density at radius 3 is 0.721 bits per heavy atom. The van der Waals surface area contributed by atoms with Gasteiger partial charge in [-0.05, 0) is 83.5 Å². The summed E-state index contributed by atoms with van der Waals surface area (Å²) in [5, 5.41) is 39.7. The highest BCUT2D eigenvalue weighted by Gasteiger charge is 2.55. The lowest BCUT2D eigenvalue weighted by atomic mass is 9.96. The number of aliphatic hydroxyl groups excluding tert-OH is 1. The van der Waals surface area contributed by atoms with Crippen molar-refractivity contribution in [3.05, 3.63) is 0 Å². The zero-order valence-electron chi connectivity index (χ0n) is 87.3. The monoisotopic (exact) mass is 2100 g/mol. The number of carbonyl (C=O) groups excluding carboxylic acids is 20. The minimum absolute atomic E-state index is 0.0166. The summed E-state index contributed by atoms with van der Waals surface area (Å²) < 4.78 is 103. The number of esters is 9. The molecule has 3 aliphatic rings. The smallest absolute Gasteiger partial charge is 0.303 e. The van der Waals surface area contributed by atoms with Crippen molar-refractivity contribution in [1.29, 1.82) is 0 Å². The molecule has 0 spiro atoms. The van der Waals surface area contributed by atoms with E-state index in [0.29, 0.717) is 83.6 Å². The Hall–Kier alpha value is -11.0. The van der Waals surface area contributed by atoms with Crippen LogP contribution in [-0.4, -0.2) is 353 Å². The Bertz CT molecular complexity index is 3710. The van der Waals surface area contributed by atoms with Crippen molar-refractivity contribution in [2.75, 3.05) is 132 Å². The van der Waals surface area contributed by atoms with Crippen LogP contribution in [0.15, 0.2) is 0 Å². The zero-order valence-corrected chi connectivity index (χ0v) is 87.3. The number of rotatable bonds is 78. The van der Waals surface area contributed by atoms with Crippen molar-refractivity contribution in [1.82, 2.24) is 58.5 Å². The summed E-state index contributed by atoms with van der Waals surface area (Å²) in [7, 11) is 0. The van der Waals surface area contributed by atoms with Crippen molar-refractivity contribution in [2.24, 2.45) is 0 Å². The molecule has 838 valence electrons. The predicted molar refractivity (Wildman–Crippen MR) is 515 cm³/mol. The number of unbranched alkanes of at least 4 members (excludes halogenated alkanes) is 13. The lowest BCUT2D eigenvalue weighted by Gasteiger charge is -2.44. The Kier molecular flexibility index (Phi) is 67.7. The van der Waals surface area contributed by atoms with Gasteiger partial charge in [0.25, 0.3) is 0 Å².